The van der Waals surface area contributed by atoms with Crippen LogP contribution >= 0.6 is 0 Å². The summed E-state index contributed by atoms with van der Waals surface area (Å²) < 4.78 is 0. The molecule has 4 atom stereocenters. The lowest BCUT2D eigenvalue weighted by atomic mass is 9.69. The molecule has 0 saturated carbocycles. The number of hydrogen-bond acceptors (Lipinski definition) is 2. The molecular formula is C22H30O2. The topological polar surface area (TPSA) is 40.5 Å². The van der Waals surface area contributed by atoms with Gasteiger partial charge in [-0.1, -0.05) is 65.8 Å². The number of rotatable bonds is 0. The highest BCUT2D eigenvalue weighted by molar-refractivity contribution is 5.67. The Balaban J connectivity index is 2.04. The minimum Gasteiger partial charge on any atom is -0.388 e. The Bertz CT molecular complexity index is 636. The molecule has 2 aliphatic rings. The van der Waals surface area contributed by atoms with E-state index in [1.165, 1.54) is 0 Å². The summed E-state index contributed by atoms with van der Waals surface area (Å²) in [6.07, 6.45) is 7.45. The van der Waals surface area contributed by atoms with Crippen LogP contribution in [0.25, 0.3) is 12.2 Å². The molecule has 24 heavy (non-hydrogen) atoms. The van der Waals surface area contributed by atoms with Gasteiger partial charge in [-0.25, -0.2) is 0 Å². The van der Waals surface area contributed by atoms with Gasteiger partial charge in [0.05, 0.1) is 12.2 Å². The first-order chi connectivity index (χ1) is 11.0. The van der Waals surface area contributed by atoms with E-state index < -0.39 is 12.2 Å². The predicted molar refractivity (Wildman–Crippen MR) is 100 cm³/mol. The van der Waals surface area contributed by atoms with Gasteiger partial charge in [-0.2, -0.15) is 0 Å². The number of fused-ring (bicyclic) bond motifs is 2. The van der Waals surface area contributed by atoms with Gasteiger partial charge in [-0.15, -0.1) is 0 Å². The minimum atomic E-state index is -0.499. The second-order valence-corrected chi connectivity index (χ2v) is 9.50. The lowest BCUT2D eigenvalue weighted by Crippen LogP contribution is -2.29. The highest BCUT2D eigenvalue weighted by Crippen LogP contribution is 2.46. The standard InChI is InChI=1S/C22H30O2/c1-21(2,3)17-9-7-13-12-16-14(11-15(13)19(17)23)8-10-18(20(16)24)22(4,5)6/h7-12,17-20,23-24H,1-6H3/t17-,18-,19+,20+/m0/s1. The Hall–Kier alpha value is -1.38. The van der Waals surface area contributed by atoms with Gasteiger partial charge in [0, 0.05) is 11.8 Å². The van der Waals surface area contributed by atoms with Crippen LogP contribution in [0.5, 0.6) is 0 Å². The molecule has 3 rings (SSSR count). The van der Waals surface area contributed by atoms with Crippen LogP contribution < -0.4 is 0 Å². The number of aliphatic hydroxyl groups is 2. The van der Waals surface area contributed by atoms with Crippen LogP contribution in [-0.2, 0) is 0 Å². The van der Waals surface area contributed by atoms with Crippen molar-refractivity contribution in [2.45, 2.75) is 53.8 Å². The molecule has 2 nitrogen and oxygen atoms in total. The fourth-order valence-corrected chi connectivity index (χ4v) is 4.01. The lowest BCUT2D eigenvalue weighted by molar-refractivity contribution is 0.0662. The van der Waals surface area contributed by atoms with E-state index in [1.807, 2.05) is 0 Å². The van der Waals surface area contributed by atoms with Crippen molar-refractivity contribution in [3.05, 3.63) is 46.5 Å². The summed E-state index contributed by atoms with van der Waals surface area (Å²) in [5, 5.41) is 21.7. The average Bonchev–Trinajstić information content (AvgIpc) is 2.44. The molecule has 2 N–H and O–H groups in total. The summed E-state index contributed by atoms with van der Waals surface area (Å²) in [6.45, 7) is 13.0. The van der Waals surface area contributed by atoms with Gasteiger partial charge in [0.2, 0.25) is 0 Å². The normalized spacial score (nSPS) is 29.3. The maximum Gasteiger partial charge on any atom is 0.0863 e. The van der Waals surface area contributed by atoms with E-state index in [0.717, 1.165) is 22.3 Å². The summed E-state index contributed by atoms with van der Waals surface area (Å²) in [4.78, 5) is 0. The first-order valence-electron chi connectivity index (χ1n) is 8.90. The van der Waals surface area contributed by atoms with Crippen molar-refractivity contribution in [3.8, 4) is 0 Å². The van der Waals surface area contributed by atoms with E-state index in [2.05, 4.69) is 78.0 Å². The van der Waals surface area contributed by atoms with Crippen molar-refractivity contribution in [1.82, 2.24) is 0 Å². The van der Waals surface area contributed by atoms with Crippen molar-refractivity contribution < 1.29 is 10.2 Å². The molecule has 0 aromatic heterocycles. The van der Waals surface area contributed by atoms with Crippen molar-refractivity contribution in [1.29, 1.82) is 0 Å². The second kappa shape index (κ2) is 5.57. The van der Waals surface area contributed by atoms with Gasteiger partial charge in [-0.3, -0.25) is 0 Å². The van der Waals surface area contributed by atoms with Crippen LogP contribution in [0.2, 0.25) is 0 Å². The largest absolute Gasteiger partial charge is 0.388 e. The molecule has 1 aromatic carbocycles. The Morgan fingerprint density at radius 3 is 1.29 bits per heavy atom. The van der Waals surface area contributed by atoms with Gasteiger partial charge >= 0.3 is 0 Å². The first-order valence-corrected chi connectivity index (χ1v) is 8.90. The fourth-order valence-electron chi connectivity index (χ4n) is 4.01. The zero-order valence-electron chi connectivity index (χ0n) is 15.7. The van der Waals surface area contributed by atoms with Crippen molar-refractivity contribution in [2.75, 3.05) is 0 Å². The van der Waals surface area contributed by atoms with E-state index >= 15 is 0 Å². The molecule has 0 amide bonds. The highest BCUT2D eigenvalue weighted by Gasteiger charge is 2.37. The third-order valence-electron chi connectivity index (χ3n) is 5.57. The summed E-state index contributed by atoms with van der Waals surface area (Å²) >= 11 is 0. The average molecular weight is 326 g/mol. The van der Waals surface area contributed by atoms with Crippen LogP contribution in [0, 0.1) is 22.7 Å². The van der Waals surface area contributed by atoms with Crippen LogP contribution in [0.15, 0.2) is 24.3 Å². The molecule has 1 aromatic rings. The Morgan fingerprint density at radius 1 is 0.667 bits per heavy atom. The molecule has 0 radical (unpaired) electrons. The zero-order chi connectivity index (χ0) is 17.9. The molecule has 130 valence electrons. The molecule has 0 heterocycles. The molecule has 0 unspecified atom stereocenters. The van der Waals surface area contributed by atoms with E-state index in [4.69, 9.17) is 0 Å². The van der Waals surface area contributed by atoms with Crippen molar-refractivity contribution in [3.63, 3.8) is 0 Å². The van der Waals surface area contributed by atoms with Crippen LogP contribution in [0.4, 0.5) is 0 Å². The Labute approximate surface area is 145 Å². The quantitative estimate of drug-likeness (QED) is 0.693. The first kappa shape index (κ1) is 17.4. The highest BCUT2D eigenvalue weighted by atomic mass is 16.3. The number of aliphatic hydroxyl groups excluding tert-OH is 2. The Morgan fingerprint density at radius 2 is 1.00 bits per heavy atom. The van der Waals surface area contributed by atoms with Gasteiger partial charge in [0.25, 0.3) is 0 Å². The Kier molecular flexibility index (Phi) is 4.05. The lowest BCUT2D eigenvalue weighted by Gasteiger charge is -2.38. The van der Waals surface area contributed by atoms with Crippen LogP contribution in [-0.4, -0.2) is 10.2 Å². The second-order valence-electron chi connectivity index (χ2n) is 9.50. The van der Waals surface area contributed by atoms with Gasteiger partial charge in [-0.05, 0) is 45.2 Å². The molecule has 0 aliphatic heterocycles. The summed E-state index contributed by atoms with van der Waals surface area (Å²) in [5.41, 5.74) is 4.03. The third-order valence-corrected chi connectivity index (χ3v) is 5.57. The predicted octanol–water partition coefficient (Wildman–Crippen LogP) is 5.13. The number of hydrogen-bond donors (Lipinski definition) is 2. The molecule has 0 spiro atoms. The van der Waals surface area contributed by atoms with E-state index in [1.54, 1.807) is 0 Å². The van der Waals surface area contributed by atoms with E-state index in [-0.39, 0.29) is 22.7 Å². The zero-order valence-corrected chi connectivity index (χ0v) is 15.7. The van der Waals surface area contributed by atoms with Crippen molar-refractivity contribution >= 4 is 12.2 Å². The van der Waals surface area contributed by atoms with Crippen molar-refractivity contribution in [2.24, 2.45) is 22.7 Å². The smallest absolute Gasteiger partial charge is 0.0863 e. The monoisotopic (exact) mass is 326 g/mol. The summed E-state index contributed by atoms with van der Waals surface area (Å²) in [5.74, 6) is 0.200. The maximum atomic E-state index is 10.9. The fraction of sp³-hybridized carbons (Fsp3) is 0.545. The molecular weight excluding hydrogens is 296 g/mol. The molecule has 2 aliphatic carbocycles. The molecule has 0 bridgehead atoms. The third kappa shape index (κ3) is 2.87. The SMILES string of the molecule is CC(C)(C)[C@H]1C=Cc2cc3c(cc2[C@H]1O)C=C[C@H](C(C)(C)C)[C@@H]3O. The molecule has 0 saturated heterocycles. The molecule has 2 heteroatoms. The van der Waals surface area contributed by atoms with Crippen LogP contribution in [0.3, 0.4) is 0 Å². The minimum absolute atomic E-state index is 0.0101. The maximum absolute atomic E-state index is 10.9. The summed E-state index contributed by atoms with van der Waals surface area (Å²) in [7, 11) is 0. The van der Waals surface area contributed by atoms with E-state index in [9.17, 15) is 10.2 Å². The van der Waals surface area contributed by atoms with Crippen LogP contribution in [0.1, 0.15) is 76.0 Å². The van der Waals surface area contributed by atoms with Gasteiger partial charge < -0.3 is 10.2 Å². The summed E-state index contributed by atoms with van der Waals surface area (Å²) in [6, 6.07) is 4.13. The number of benzene rings is 1. The van der Waals surface area contributed by atoms with E-state index in [0.29, 0.717) is 0 Å². The van der Waals surface area contributed by atoms with Gasteiger partial charge in [0.1, 0.15) is 0 Å². The van der Waals surface area contributed by atoms with Gasteiger partial charge in [0.15, 0.2) is 0 Å². The molecule has 0 fully saturated rings.